The summed E-state index contributed by atoms with van der Waals surface area (Å²) in [5.74, 6) is 0. The van der Waals surface area contributed by atoms with Crippen molar-refractivity contribution in [1.82, 2.24) is 5.73 Å². The Morgan fingerprint density at radius 3 is 1.71 bits per heavy atom. The summed E-state index contributed by atoms with van der Waals surface area (Å²) in [7, 11) is 0. The van der Waals surface area contributed by atoms with Gasteiger partial charge in [0.1, 0.15) is 0 Å². The molecule has 0 aliphatic carbocycles. The summed E-state index contributed by atoms with van der Waals surface area (Å²) in [6, 6.07) is 0. The van der Waals surface area contributed by atoms with Gasteiger partial charge in [0.15, 0.2) is 0 Å². The Kier molecular flexibility index (Phi) is 7.87. The maximum atomic E-state index is 8.21. The van der Waals surface area contributed by atoms with Gasteiger partial charge in [-0.15, -0.1) is 6.58 Å². The quantitative estimate of drug-likeness (QED) is 0.386. The third kappa shape index (κ3) is 6.20. The minimum Gasteiger partial charge on any atom is -0.247 e. The van der Waals surface area contributed by atoms with Crippen LogP contribution in [0.5, 0.6) is 0 Å². The van der Waals surface area contributed by atoms with E-state index in [1.54, 1.807) is 0 Å². The van der Waals surface area contributed by atoms with E-state index in [4.69, 9.17) is 5.73 Å². The van der Waals surface area contributed by atoms with Crippen molar-refractivity contribution in [2.75, 3.05) is 0 Å². The summed E-state index contributed by atoms with van der Waals surface area (Å²) in [6.45, 7) is 8.21. The van der Waals surface area contributed by atoms with Crippen molar-refractivity contribution in [3.63, 3.8) is 0 Å². The lowest BCUT2D eigenvalue weighted by atomic mass is 9.88. The molecule has 0 bridgehead atoms. The van der Waals surface area contributed by atoms with Crippen molar-refractivity contribution in [2.45, 2.75) is 70.8 Å². The molecule has 0 saturated heterocycles. The Morgan fingerprint density at radius 1 is 1.00 bits per heavy atom. The second kappa shape index (κ2) is 8.05. The van der Waals surface area contributed by atoms with Gasteiger partial charge in [0.05, 0.1) is 5.54 Å². The zero-order valence-electron chi connectivity index (χ0n) is 9.94. The number of rotatable bonds is 9. The highest BCUT2D eigenvalue weighted by Crippen LogP contribution is 2.22. The van der Waals surface area contributed by atoms with Crippen LogP contribution in [0, 0.1) is 0 Å². The lowest BCUT2D eigenvalue weighted by Gasteiger charge is -2.24. The normalized spacial score (nSPS) is 11.6. The summed E-state index contributed by atoms with van der Waals surface area (Å²) in [6.07, 6.45) is 11.2. The lowest BCUT2D eigenvalue weighted by Crippen LogP contribution is -2.27. The van der Waals surface area contributed by atoms with Crippen LogP contribution in [0.15, 0.2) is 12.7 Å². The second-order valence-corrected chi connectivity index (χ2v) is 4.27. The highest BCUT2D eigenvalue weighted by molar-refractivity contribution is 4.99. The third-order valence-corrected chi connectivity index (χ3v) is 2.84. The van der Waals surface area contributed by atoms with E-state index in [1.165, 1.54) is 38.5 Å². The van der Waals surface area contributed by atoms with Crippen LogP contribution in [0.1, 0.15) is 65.2 Å². The molecule has 0 spiro atoms. The Hall–Kier alpha value is -0.300. The molecule has 1 heteroatoms. The summed E-state index contributed by atoms with van der Waals surface area (Å²) in [5, 5.41) is 0. The van der Waals surface area contributed by atoms with Gasteiger partial charge >= 0.3 is 0 Å². The molecule has 0 fully saturated rings. The Labute approximate surface area is 89.8 Å². The van der Waals surface area contributed by atoms with Gasteiger partial charge < -0.3 is 0 Å². The molecule has 0 aromatic heterocycles. The predicted molar refractivity (Wildman–Crippen MR) is 64.3 cm³/mol. The molecule has 1 N–H and O–H groups in total. The number of hydrogen-bond acceptors (Lipinski definition) is 0. The van der Waals surface area contributed by atoms with Crippen molar-refractivity contribution in [1.29, 1.82) is 0 Å². The van der Waals surface area contributed by atoms with Crippen LogP contribution < -0.4 is 5.73 Å². The molecule has 0 atom stereocenters. The predicted octanol–water partition coefficient (Wildman–Crippen LogP) is 4.35. The van der Waals surface area contributed by atoms with Gasteiger partial charge in [-0.25, -0.2) is 5.73 Å². The zero-order chi connectivity index (χ0) is 10.9. The van der Waals surface area contributed by atoms with Gasteiger partial charge in [-0.1, -0.05) is 58.4 Å². The Morgan fingerprint density at radius 2 is 1.43 bits per heavy atom. The third-order valence-electron chi connectivity index (χ3n) is 2.84. The summed E-state index contributed by atoms with van der Waals surface area (Å²) >= 11 is 0. The van der Waals surface area contributed by atoms with Crippen molar-refractivity contribution < 1.29 is 0 Å². The van der Waals surface area contributed by atoms with Crippen LogP contribution in [0.25, 0.3) is 0 Å². The first-order valence-corrected chi connectivity index (χ1v) is 6.07. The molecule has 1 nitrogen and oxygen atoms in total. The molecular weight excluding hydrogens is 170 g/mol. The first-order valence-electron chi connectivity index (χ1n) is 6.07. The standard InChI is InChI=1S/C13H26N/c1-4-7-9-11-13(14,6-3)12-10-8-5-2/h6,14H,3-5,7-12H2,1-2H3. The van der Waals surface area contributed by atoms with Crippen molar-refractivity contribution in [3.8, 4) is 0 Å². The van der Waals surface area contributed by atoms with Crippen LogP contribution in [0.3, 0.4) is 0 Å². The topological polar surface area (TPSA) is 23.8 Å². The highest BCUT2D eigenvalue weighted by atomic mass is 14.7. The molecular formula is C13H26N. The van der Waals surface area contributed by atoms with E-state index in [9.17, 15) is 0 Å². The highest BCUT2D eigenvalue weighted by Gasteiger charge is 2.20. The smallest absolute Gasteiger partial charge is 0.0500 e. The zero-order valence-corrected chi connectivity index (χ0v) is 9.94. The second-order valence-electron chi connectivity index (χ2n) is 4.27. The fraction of sp³-hybridized carbons (Fsp3) is 0.846. The van der Waals surface area contributed by atoms with Gasteiger partial charge in [-0.3, -0.25) is 0 Å². The Balaban J connectivity index is 3.73. The van der Waals surface area contributed by atoms with Gasteiger partial charge in [-0.05, 0) is 12.8 Å². The maximum absolute atomic E-state index is 8.21. The van der Waals surface area contributed by atoms with E-state index in [1.807, 2.05) is 6.08 Å². The molecule has 14 heavy (non-hydrogen) atoms. The van der Waals surface area contributed by atoms with E-state index < -0.39 is 0 Å². The van der Waals surface area contributed by atoms with Crippen LogP contribution in [0.2, 0.25) is 0 Å². The fourth-order valence-electron chi connectivity index (χ4n) is 1.71. The first kappa shape index (κ1) is 13.7. The first-order chi connectivity index (χ1) is 6.68. The van der Waals surface area contributed by atoms with E-state index in [2.05, 4.69) is 20.4 Å². The van der Waals surface area contributed by atoms with Crippen molar-refractivity contribution in [3.05, 3.63) is 12.7 Å². The molecule has 0 aliphatic rings. The Bertz CT molecular complexity index is 130. The molecule has 0 unspecified atom stereocenters. The lowest BCUT2D eigenvalue weighted by molar-refractivity contribution is 0.399. The van der Waals surface area contributed by atoms with Gasteiger partial charge in [-0.2, -0.15) is 0 Å². The van der Waals surface area contributed by atoms with Crippen LogP contribution in [0.4, 0.5) is 0 Å². The van der Waals surface area contributed by atoms with Gasteiger partial charge in [0, 0.05) is 0 Å². The summed E-state index contributed by atoms with van der Waals surface area (Å²) < 4.78 is 0. The SMILES string of the molecule is C=CC([NH])(CCCCC)CCCCC. The number of nitrogens with one attached hydrogen (secondary N) is 1. The molecule has 0 aromatic carbocycles. The van der Waals surface area contributed by atoms with E-state index in [0.29, 0.717) is 0 Å². The molecule has 0 aromatic rings. The van der Waals surface area contributed by atoms with E-state index >= 15 is 0 Å². The van der Waals surface area contributed by atoms with Crippen LogP contribution in [-0.2, 0) is 0 Å². The molecule has 0 amide bonds. The van der Waals surface area contributed by atoms with E-state index in [0.717, 1.165) is 12.8 Å². The average Bonchev–Trinajstić information content (AvgIpc) is 2.19. The minimum absolute atomic E-state index is 0.343. The van der Waals surface area contributed by atoms with Gasteiger partial charge in [0.2, 0.25) is 0 Å². The fourth-order valence-corrected chi connectivity index (χ4v) is 1.71. The molecule has 0 saturated carbocycles. The monoisotopic (exact) mass is 196 g/mol. The van der Waals surface area contributed by atoms with Gasteiger partial charge in [0.25, 0.3) is 0 Å². The maximum Gasteiger partial charge on any atom is 0.0500 e. The molecule has 0 heterocycles. The van der Waals surface area contributed by atoms with E-state index in [-0.39, 0.29) is 5.54 Å². The molecule has 1 radical (unpaired) electrons. The summed E-state index contributed by atoms with van der Waals surface area (Å²) in [4.78, 5) is 0. The molecule has 0 rings (SSSR count). The summed E-state index contributed by atoms with van der Waals surface area (Å²) in [5.41, 5.74) is 7.87. The average molecular weight is 196 g/mol. The van der Waals surface area contributed by atoms with Crippen molar-refractivity contribution in [2.24, 2.45) is 0 Å². The van der Waals surface area contributed by atoms with Crippen molar-refractivity contribution >= 4 is 0 Å². The minimum atomic E-state index is -0.343. The van der Waals surface area contributed by atoms with Crippen LogP contribution >= 0.6 is 0 Å². The molecule has 0 aliphatic heterocycles. The van der Waals surface area contributed by atoms with Crippen LogP contribution in [-0.4, -0.2) is 5.54 Å². The number of unbranched alkanes of at least 4 members (excludes halogenated alkanes) is 4. The largest absolute Gasteiger partial charge is 0.247 e. The number of hydrogen-bond donors (Lipinski definition) is 0. The molecule has 83 valence electrons.